The van der Waals surface area contributed by atoms with Gasteiger partial charge < -0.3 is 25.2 Å². The van der Waals surface area contributed by atoms with Crippen LogP contribution in [0.2, 0.25) is 0 Å². The maximum atomic E-state index is 12.6. The van der Waals surface area contributed by atoms with E-state index in [0.717, 1.165) is 43.2 Å². The second-order valence-electron chi connectivity index (χ2n) is 9.52. The van der Waals surface area contributed by atoms with Gasteiger partial charge in [-0.05, 0) is 73.2 Å². The number of phenolic OH excluding ortho intramolecular Hbond substituents is 1. The van der Waals surface area contributed by atoms with Gasteiger partial charge in [-0.3, -0.25) is 4.57 Å². The van der Waals surface area contributed by atoms with E-state index in [1.165, 1.54) is 0 Å². The van der Waals surface area contributed by atoms with E-state index in [1.807, 2.05) is 42.5 Å². The van der Waals surface area contributed by atoms with E-state index < -0.39 is 13.5 Å². The molecule has 1 fully saturated rings. The van der Waals surface area contributed by atoms with Gasteiger partial charge in [0.05, 0.1) is 6.10 Å². The van der Waals surface area contributed by atoms with Gasteiger partial charge in [0.15, 0.2) is 6.35 Å². The largest absolute Gasteiger partial charge is 0.508 e. The van der Waals surface area contributed by atoms with Crippen molar-refractivity contribution in [3.8, 4) is 11.5 Å². The fourth-order valence-corrected chi connectivity index (χ4v) is 5.88. The first-order valence-electron chi connectivity index (χ1n) is 12.1. The summed E-state index contributed by atoms with van der Waals surface area (Å²) in [5.74, 6) is 0.793. The van der Waals surface area contributed by atoms with Gasteiger partial charge in [0.1, 0.15) is 11.5 Å². The van der Waals surface area contributed by atoms with Crippen molar-refractivity contribution in [3.05, 3.63) is 90.0 Å². The first-order chi connectivity index (χ1) is 16.8. The molecule has 1 aliphatic rings. The van der Waals surface area contributed by atoms with Crippen molar-refractivity contribution in [1.82, 2.24) is 5.32 Å². The summed E-state index contributed by atoms with van der Waals surface area (Å²) in [6, 6.07) is 23.3. The predicted octanol–water partition coefficient (Wildman–Crippen LogP) is 4.37. The lowest BCUT2D eigenvalue weighted by Gasteiger charge is -2.32. The number of benzene rings is 3. The Morgan fingerprint density at radius 3 is 2.20 bits per heavy atom. The minimum absolute atomic E-state index is 0.0492. The Labute approximate surface area is 207 Å². The van der Waals surface area contributed by atoms with Crippen molar-refractivity contribution >= 4 is 12.7 Å². The molecule has 0 amide bonds. The first kappa shape index (κ1) is 25.5. The molecule has 1 aliphatic carbocycles. The average molecular weight is 496 g/mol. The maximum absolute atomic E-state index is 12.6. The minimum atomic E-state index is -3.57. The number of β-amino-alcohol motifs (C(OH)–C–C–N with tert-alkyl or cyclic N) is 1. The number of nitrogens with one attached hydrogen (secondary N) is 1. The molecular weight excluding hydrogens is 461 g/mol. The number of aromatic hydroxyl groups is 1. The summed E-state index contributed by atoms with van der Waals surface area (Å²) in [4.78, 5) is 10.3. The van der Waals surface area contributed by atoms with Crippen LogP contribution in [0.3, 0.4) is 0 Å². The average Bonchev–Trinajstić information content (AvgIpc) is 3.33. The van der Waals surface area contributed by atoms with Gasteiger partial charge in [-0.15, -0.1) is 0 Å². The zero-order valence-electron chi connectivity index (χ0n) is 19.8. The predicted molar refractivity (Wildman–Crippen MR) is 139 cm³/mol. The van der Waals surface area contributed by atoms with Gasteiger partial charge >= 0.3 is 0 Å². The summed E-state index contributed by atoms with van der Waals surface area (Å²) in [5, 5.41) is 24.0. The Kier molecular flexibility index (Phi) is 8.30. The van der Waals surface area contributed by atoms with Gasteiger partial charge in [0.2, 0.25) is 0 Å². The van der Waals surface area contributed by atoms with Crippen LogP contribution in [0, 0.1) is 0 Å². The molecule has 35 heavy (non-hydrogen) atoms. The summed E-state index contributed by atoms with van der Waals surface area (Å²) in [6.07, 6.45) is 5.05. The fraction of sp³-hybridized carbons (Fsp3) is 0.357. The number of aliphatic hydroxyl groups is 1. The molecule has 0 saturated heterocycles. The Bertz CT molecular complexity index is 1110. The van der Waals surface area contributed by atoms with Gasteiger partial charge in [-0.25, -0.2) is 0 Å². The third-order valence-corrected chi connectivity index (χ3v) is 8.30. The van der Waals surface area contributed by atoms with Crippen LogP contribution in [0.5, 0.6) is 11.5 Å². The monoisotopic (exact) mass is 495 g/mol. The van der Waals surface area contributed by atoms with E-state index in [2.05, 4.69) is 5.32 Å². The highest BCUT2D eigenvalue weighted by Gasteiger charge is 2.34. The van der Waals surface area contributed by atoms with Crippen LogP contribution in [0.25, 0.3) is 0 Å². The molecule has 0 spiro atoms. The van der Waals surface area contributed by atoms with E-state index in [-0.39, 0.29) is 17.6 Å². The molecule has 3 aromatic rings. The highest BCUT2D eigenvalue weighted by atomic mass is 31.2. The molecule has 0 aliphatic heterocycles. The molecule has 0 radical (unpaired) electrons. The third kappa shape index (κ3) is 7.18. The zero-order valence-corrected chi connectivity index (χ0v) is 20.7. The molecule has 0 bridgehead atoms. The lowest BCUT2D eigenvalue weighted by atomic mass is 9.88. The Balaban J connectivity index is 1.31. The normalized spacial score (nSPS) is 17.5. The Morgan fingerprint density at radius 2 is 1.54 bits per heavy atom. The number of rotatable bonds is 11. The zero-order chi connectivity index (χ0) is 24.7. The summed E-state index contributed by atoms with van der Waals surface area (Å²) in [7, 11) is -3.57. The van der Waals surface area contributed by atoms with Gasteiger partial charge in [0.25, 0.3) is 7.37 Å². The Morgan fingerprint density at radius 1 is 0.914 bits per heavy atom. The standard InChI is InChI=1S/C28H34NO5P/c30-24-12-8-22(9-13-24)18-25(31)20-29-28(16-4-5-17-28)19-23-10-14-26(15-11-23)34-21-35(32,33)27-6-2-1-3-7-27/h1-3,6-15,25,29-31H,4-5,16-21H2,(H,32,33)/t25-/m1/s1. The fourth-order valence-electron chi connectivity index (χ4n) is 4.77. The molecule has 0 heterocycles. The molecule has 0 aromatic heterocycles. The molecule has 2 atom stereocenters. The molecule has 3 aromatic carbocycles. The quantitative estimate of drug-likeness (QED) is 0.295. The molecule has 6 nitrogen and oxygen atoms in total. The third-order valence-electron chi connectivity index (χ3n) is 6.71. The molecule has 7 heteroatoms. The van der Waals surface area contributed by atoms with E-state index in [4.69, 9.17) is 4.74 Å². The van der Waals surface area contributed by atoms with Crippen molar-refractivity contribution in [2.24, 2.45) is 0 Å². The number of phenols is 1. The topological polar surface area (TPSA) is 99.0 Å². The van der Waals surface area contributed by atoms with E-state index in [9.17, 15) is 19.7 Å². The minimum Gasteiger partial charge on any atom is -0.508 e. The van der Waals surface area contributed by atoms with Gasteiger partial charge in [0, 0.05) is 17.4 Å². The smallest absolute Gasteiger partial charge is 0.265 e. The molecule has 1 unspecified atom stereocenters. The van der Waals surface area contributed by atoms with Crippen molar-refractivity contribution in [2.75, 3.05) is 12.9 Å². The second-order valence-corrected chi connectivity index (χ2v) is 11.7. The van der Waals surface area contributed by atoms with Crippen molar-refractivity contribution < 1.29 is 24.4 Å². The van der Waals surface area contributed by atoms with Crippen molar-refractivity contribution in [3.63, 3.8) is 0 Å². The summed E-state index contributed by atoms with van der Waals surface area (Å²) in [5.41, 5.74) is 2.11. The van der Waals surface area contributed by atoms with Gasteiger partial charge in [-0.2, -0.15) is 0 Å². The van der Waals surface area contributed by atoms with Crippen LogP contribution in [-0.2, 0) is 17.4 Å². The van der Waals surface area contributed by atoms with E-state index >= 15 is 0 Å². The van der Waals surface area contributed by atoms with Crippen molar-refractivity contribution in [1.29, 1.82) is 0 Å². The number of hydrogen-bond acceptors (Lipinski definition) is 5. The molecule has 4 N–H and O–H groups in total. The van der Waals surface area contributed by atoms with E-state index in [0.29, 0.717) is 24.0 Å². The number of aliphatic hydroxyl groups excluding tert-OH is 1. The SMILES string of the molecule is O=P(O)(COc1ccc(CC2(NC[C@H](O)Cc3ccc(O)cc3)CCCC2)cc1)c1ccccc1. The molecule has 4 rings (SSSR count). The van der Waals surface area contributed by atoms with E-state index in [1.54, 1.807) is 36.4 Å². The van der Waals surface area contributed by atoms with Crippen LogP contribution >= 0.6 is 7.37 Å². The van der Waals surface area contributed by atoms with Crippen LogP contribution in [0.1, 0.15) is 36.8 Å². The van der Waals surface area contributed by atoms with Crippen molar-refractivity contribution in [2.45, 2.75) is 50.2 Å². The molecule has 186 valence electrons. The maximum Gasteiger partial charge on any atom is 0.265 e. The highest BCUT2D eigenvalue weighted by Crippen LogP contribution is 2.39. The summed E-state index contributed by atoms with van der Waals surface area (Å²) in [6.45, 7) is 0.507. The first-order valence-corrected chi connectivity index (χ1v) is 14.0. The number of hydrogen-bond donors (Lipinski definition) is 4. The molecular formula is C28H34NO5P. The molecule has 1 saturated carbocycles. The van der Waals surface area contributed by atoms with Gasteiger partial charge in [-0.1, -0.05) is 55.3 Å². The second kappa shape index (κ2) is 11.4. The summed E-state index contributed by atoms with van der Waals surface area (Å²) >= 11 is 0. The Hall–Kier alpha value is -2.63. The number of ether oxygens (including phenoxy) is 1. The van der Waals surface area contributed by atoms with Crippen LogP contribution in [0.15, 0.2) is 78.9 Å². The highest BCUT2D eigenvalue weighted by molar-refractivity contribution is 7.65. The van der Waals surface area contributed by atoms with Crippen LogP contribution in [0.4, 0.5) is 0 Å². The van der Waals surface area contributed by atoms with Crippen LogP contribution in [-0.4, -0.2) is 39.6 Å². The lowest BCUT2D eigenvalue weighted by molar-refractivity contribution is 0.153. The van der Waals surface area contributed by atoms with Crippen LogP contribution < -0.4 is 15.4 Å². The summed E-state index contributed by atoms with van der Waals surface area (Å²) < 4.78 is 18.2. The lowest BCUT2D eigenvalue weighted by Crippen LogP contribution is -2.48.